The SMILES string of the molecule is C[C@@H](NCC(=O)NC(=O)NC1CC1)c1ccc(F)c(F)c1. The van der Waals surface area contributed by atoms with Crippen molar-refractivity contribution < 1.29 is 18.4 Å². The largest absolute Gasteiger partial charge is 0.335 e. The summed E-state index contributed by atoms with van der Waals surface area (Å²) in [5.41, 5.74) is 0.518. The van der Waals surface area contributed by atoms with Crippen LogP contribution in [0.25, 0.3) is 0 Å². The van der Waals surface area contributed by atoms with Crippen molar-refractivity contribution in [1.82, 2.24) is 16.0 Å². The highest BCUT2D eigenvalue weighted by Gasteiger charge is 2.23. The summed E-state index contributed by atoms with van der Waals surface area (Å²) in [6.07, 6.45) is 1.88. The Morgan fingerprint density at radius 3 is 2.62 bits per heavy atom. The minimum atomic E-state index is -0.936. The summed E-state index contributed by atoms with van der Waals surface area (Å²) in [6, 6.07) is 2.86. The van der Waals surface area contributed by atoms with Gasteiger partial charge in [-0.25, -0.2) is 13.6 Å². The number of hydrogen-bond donors (Lipinski definition) is 3. The Bertz CT molecular complexity index is 547. The quantitative estimate of drug-likeness (QED) is 0.773. The molecule has 0 spiro atoms. The van der Waals surface area contributed by atoms with Gasteiger partial charge >= 0.3 is 6.03 Å². The number of rotatable bonds is 5. The highest BCUT2D eigenvalue weighted by atomic mass is 19.2. The number of amides is 3. The smallest absolute Gasteiger partial charge is 0.321 e. The Morgan fingerprint density at radius 2 is 2.00 bits per heavy atom. The third-order valence-electron chi connectivity index (χ3n) is 3.18. The van der Waals surface area contributed by atoms with Crippen LogP contribution in [-0.2, 0) is 4.79 Å². The maximum atomic E-state index is 13.1. The first-order valence-electron chi connectivity index (χ1n) is 6.74. The number of urea groups is 1. The van der Waals surface area contributed by atoms with Crippen molar-refractivity contribution in [3.8, 4) is 0 Å². The van der Waals surface area contributed by atoms with Gasteiger partial charge in [0.1, 0.15) is 0 Å². The summed E-state index contributed by atoms with van der Waals surface area (Å²) < 4.78 is 25.9. The molecule has 1 aromatic rings. The standard InChI is InChI=1S/C14H17F2N3O2/c1-8(9-2-5-11(15)12(16)6-9)17-7-13(20)19-14(21)18-10-3-4-10/h2,5-6,8,10,17H,3-4,7H2,1H3,(H2,18,19,20,21)/t8-/m1/s1. The van der Waals surface area contributed by atoms with Crippen LogP contribution in [0, 0.1) is 11.6 Å². The van der Waals surface area contributed by atoms with Gasteiger partial charge in [0.05, 0.1) is 6.54 Å². The first kappa shape index (κ1) is 15.4. The van der Waals surface area contributed by atoms with Gasteiger partial charge in [0.25, 0.3) is 0 Å². The predicted molar refractivity (Wildman–Crippen MR) is 72.5 cm³/mol. The van der Waals surface area contributed by atoms with E-state index in [2.05, 4.69) is 16.0 Å². The van der Waals surface area contributed by atoms with E-state index in [4.69, 9.17) is 0 Å². The molecule has 0 heterocycles. The van der Waals surface area contributed by atoms with Crippen molar-refractivity contribution in [3.63, 3.8) is 0 Å². The number of carbonyl (C=O) groups excluding carboxylic acids is 2. The maximum Gasteiger partial charge on any atom is 0.321 e. The van der Waals surface area contributed by atoms with Crippen molar-refractivity contribution >= 4 is 11.9 Å². The highest BCUT2D eigenvalue weighted by Crippen LogP contribution is 2.18. The number of carbonyl (C=O) groups is 2. The van der Waals surface area contributed by atoms with E-state index in [-0.39, 0.29) is 18.6 Å². The van der Waals surface area contributed by atoms with Crippen molar-refractivity contribution in [2.24, 2.45) is 0 Å². The second-order valence-electron chi connectivity index (χ2n) is 5.07. The number of imide groups is 1. The lowest BCUT2D eigenvalue weighted by Gasteiger charge is -2.14. The van der Waals surface area contributed by atoms with E-state index in [1.165, 1.54) is 6.07 Å². The minimum Gasteiger partial charge on any atom is -0.335 e. The van der Waals surface area contributed by atoms with Gasteiger partial charge in [-0.2, -0.15) is 0 Å². The molecule has 21 heavy (non-hydrogen) atoms. The fourth-order valence-electron chi connectivity index (χ4n) is 1.77. The van der Waals surface area contributed by atoms with Crippen molar-refractivity contribution in [2.45, 2.75) is 31.8 Å². The predicted octanol–water partition coefficient (Wildman–Crippen LogP) is 1.60. The molecule has 3 N–H and O–H groups in total. The molecular formula is C14H17F2N3O2. The molecule has 5 nitrogen and oxygen atoms in total. The lowest BCUT2D eigenvalue weighted by molar-refractivity contribution is -0.119. The molecule has 0 unspecified atom stereocenters. The van der Waals surface area contributed by atoms with E-state index in [1.54, 1.807) is 6.92 Å². The Labute approximate surface area is 121 Å². The molecule has 0 aromatic heterocycles. The van der Waals surface area contributed by atoms with E-state index in [1.807, 2.05) is 0 Å². The Morgan fingerprint density at radius 1 is 1.29 bits per heavy atom. The summed E-state index contributed by atoms with van der Waals surface area (Å²) in [4.78, 5) is 22.9. The first-order chi connectivity index (χ1) is 9.95. The number of halogens is 2. The number of nitrogens with one attached hydrogen (secondary N) is 3. The van der Waals surface area contributed by atoms with E-state index >= 15 is 0 Å². The van der Waals surface area contributed by atoms with E-state index in [0.717, 1.165) is 25.0 Å². The molecule has 1 aliphatic rings. The van der Waals surface area contributed by atoms with Gasteiger partial charge in [-0.15, -0.1) is 0 Å². The van der Waals surface area contributed by atoms with Crippen LogP contribution in [0.2, 0.25) is 0 Å². The lowest BCUT2D eigenvalue weighted by Crippen LogP contribution is -2.44. The second kappa shape index (κ2) is 6.62. The van der Waals surface area contributed by atoms with E-state index in [0.29, 0.717) is 5.56 Å². The van der Waals surface area contributed by atoms with Crippen LogP contribution in [0.1, 0.15) is 31.4 Å². The van der Waals surface area contributed by atoms with Gasteiger partial charge in [0.2, 0.25) is 5.91 Å². The maximum absolute atomic E-state index is 13.1. The van der Waals surface area contributed by atoms with Crippen LogP contribution in [-0.4, -0.2) is 24.5 Å². The zero-order chi connectivity index (χ0) is 15.4. The summed E-state index contributed by atoms with van der Waals surface area (Å²) >= 11 is 0. The van der Waals surface area contributed by atoms with Crippen LogP contribution in [0.4, 0.5) is 13.6 Å². The lowest BCUT2D eigenvalue weighted by atomic mass is 10.1. The summed E-state index contributed by atoms with van der Waals surface area (Å²) in [7, 11) is 0. The third-order valence-corrected chi connectivity index (χ3v) is 3.18. The number of hydrogen-bond acceptors (Lipinski definition) is 3. The van der Waals surface area contributed by atoms with E-state index < -0.39 is 23.6 Å². The Balaban J connectivity index is 1.76. The molecule has 1 aromatic carbocycles. The van der Waals surface area contributed by atoms with Crippen molar-refractivity contribution in [3.05, 3.63) is 35.4 Å². The molecule has 114 valence electrons. The first-order valence-corrected chi connectivity index (χ1v) is 6.74. The number of benzene rings is 1. The van der Waals surface area contributed by atoms with E-state index in [9.17, 15) is 18.4 Å². The van der Waals surface area contributed by atoms with Gasteiger partial charge in [-0.3, -0.25) is 10.1 Å². The molecule has 0 radical (unpaired) electrons. The normalized spacial score (nSPS) is 15.4. The molecule has 1 saturated carbocycles. The molecule has 1 atom stereocenters. The molecule has 7 heteroatoms. The third kappa shape index (κ3) is 4.78. The molecule has 0 bridgehead atoms. The topological polar surface area (TPSA) is 70.2 Å². The van der Waals surface area contributed by atoms with Crippen LogP contribution < -0.4 is 16.0 Å². The molecule has 0 aliphatic heterocycles. The van der Waals surface area contributed by atoms with Gasteiger partial charge in [-0.05, 0) is 37.5 Å². The van der Waals surface area contributed by atoms with Crippen molar-refractivity contribution in [2.75, 3.05) is 6.54 Å². The molecule has 1 fully saturated rings. The van der Waals surface area contributed by atoms with Crippen LogP contribution in [0.3, 0.4) is 0 Å². The van der Waals surface area contributed by atoms with Crippen LogP contribution in [0.5, 0.6) is 0 Å². The Kier molecular flexibility index (Phi) is 4.85. The second-order valence-corrected chi connectivity index (χ2v) is 5.07. The molecule has 1 aliphatic carbocycles. The van der Waals surface area contributed by atoms with Gasteiger partial charge in [0.15, 0.2) is 11.6 Å². The average molecular weight is 297 g/mol. The molecule has 3 amide bonds. The monoisotopic (exact) mass is 297 g/mol. The van der Waals surface area contributed by atoms with Gasteiger partial charge < -0.3 is 10.6 Å². The minimum absolute atomic E-state index is 0.0990. The zero-order valence-electron chi connectivity index (χ0n) is 11.6. The Hall–Kier alpha value is -2.02. The average Bonchev–Trinajstić information content (AvgIpc) is 3.22. The van der Waals surface area contributed by atoms with Crippen LogP contribution >= 0.6 is 0 Å². The zero-order valence-corrected chi connectivity index (χ0v) is 11.6. The summed E-state index contributed by atoms with van der Waals surface area (Å²) in [5.74, 6) is -2.34. The van der Waals surface area contributed by atoms with Gasteiger partial charge in [-0.1, -0.05) is 6.07 Å². The molecule has 2 rings (SSSR count). The molecular weight excluding hydrogens is 280 g/mol. The highest BCUT2D eigenvalue weighted by molar-refractivity contribution is 5.95. The summed E-state index contributed by atoms with van der Waals surface area (Å²) in [6.45, 7) is 1.61. The summed E-state index contributed by atoms with van der Waals surface area (Å²) in [5, 5.41) is 7.66. The molecule has 0 saturated heterocycles. The fraction of sp³-hybridized carbons (Fsp3) is 0.429. The van der Waals surface area contributed by atoms with Crippen molar-refractivity contribution in [1.29, 1.82) is 0 Å². The van der Waals surface area contributed by atoms with Crippen LogP contribution in [0.15, 0.2) is 18.2 Å². The van der Waals surface area contributed by atoms with Gasteiger partial charge in [0, 0.05) is 12.1 Å². The fourth-order valence-corrected chi connectivity index (χ4v) is 1.77.